The van der Waals surface area contributed by atoms with Gasteiger partial charge < -0.3 is 15.7 Å². The summed E-state index contributed by atoms with van der Waals surface area (Å²) in [6, 6.07) is 7.85. The van der Waals surface area contributed by atoms with Crippen LogP contribution in [-0.2, 0) is 11.2 Å². The van der Waals surface area contributed by atoms with Gasteiger partial charge in [0, 0.05) is 13.0 Å². The lowest BCUT2D eigenvalue weighted by molar-refractivity contribution is -0.139. The van der Waals surface area contributed by atoms with Gasteiger partial charge in [-0.15, -0.1) is 0 Å². The highest BCUT2D eigenvalue weighted by Crippen LogP contribution is 2.03. The molecule has 2 amide bonds. The maximum Gasteiger partial charge on any atom is 0.326 e. The van der Waals surface area contributed by atoms with Gasteiger partial charge in [-0.3, -0.25) is 0 Å². The van der Waals surface area contributed by atoms with Crippen molar-refractivity contribution >= 4 is 12.0 Å². The summed E-state index contributed by atoms with van der Waals surface area (Å²) in [4.78, 5) is 22.7. The number of hydrogen-bond acceptors (Lipinski definition) is 2. The Kier molecular flexibility index (Phi) is 5.85. The van der Waals surface area contributed by atoms with Gasteiger partial charge >= 0.3 is 12.0 Å². The van der Waals surface area contributed by atoms with Crippen LogP contribution in [0.3, 0.4) is 0 Å². The number of amides is 2. The molecule has 104 valence electrons. The quantitative estimate of drug-likeness (QED) is 0.731. The zero-order valence-electron chi connectivity index (χ0n) is 11.2. The number of carboxylic acids is 1. The van der Waals surface area contributed by atoms with Crippen LogP contribution in [0, 0.1) is 5.92 Å². The second kappa shape index (κ2) is 7.41. The van der Waals surface area contributed by atoms with Crippen molar-refractivity contribution in [2.24, 2.45) is 5.92 Å². The zero-order chi connectivity index (χ0) is 14.3. The summed E-state index contributed by atoms with van der Waals surface area (Å²) in [5, 5.41) is 14.2. The van der Waals surface area contributed by atoms with Crippen molar-refractivity contribution < 1.29 is 14.7 Å². The number of nitrogens with one attached hydrogen (secondary N) is 2. The lowest BCUT2D eigenvalue weighted by Crippen LogP contribution is -2.47. The van der Waals surface area contributed by atoms with Gasteiger partial charge in [-0.05, 0) is 11.5 Å². The number of aliphatic carboxylic acids is 1. The van der Waals surface area contributed by atoms with Crippen molar-refractivity contribution in [2.75, 3.05) is 6.54 Å². The molecule has 1 aromatic carbocycles. The minimum absolute atomic E-state index is 0.269. The third kappa shape index (κ3) is 5.90. The van der Waals surface area contributed by atoms with Crippen LogP contribution in [0.2, 0.25) is 0 Å². The Morgan fingerprint density at radius 2 is 1.84 bits per heavy atom. The molecular weight excluding hydrogens is 244 g/mol. The Morgan fingerprint density at radius 1 is 1.21 bits per heavy atom. The minimum atomic E-state index is -1.04. The van der Waals surface area contributed by atoms with E-state index in [1.54, 1.807) is 0 Å². The van der Waals surface area contributed by atoms with Crippen LogP contribution in [-0.4, -0.2) is 29.7 Å². The van der Waals surface area contributed by atoms with E-state index in [0.29, 0.717) is 12.5 Å². The standard InChI is InChI=1S/C14H20N2O3/c1-10(2)9-15-14(19)16-12(13(17)18)8-11-6-4-3-5-7-11/h3-7,10,12H,8-9H2,1-2H3,(H,17,18)(H2,15,16,19). The predicted octanol–water partition coefficient (Wildman–Crippen LogP) is 1.64. The number of carbonyl (C=O) groups is 2. The summed E-state index contributed by atoms with van der Waals surface area (Å²) in [6.07, 6.45) is 0.269. The molecule has 5 heteroatoms. The summed E-state index contributed by atoms with van der Waals surface area (Å²) >= 11 is 0. The number of carbonyl (C=O) groups excluding carboxylic acids is 1. The second-order valence-electron chi connectivity index (χ2n) is 4.83. The van der Waals surface area contributed by atoms with Crippen molar-refractivity contribution in [2.45, 2.75) is 26.3 Å². The van der Waals surface area contributed by atoms with Gasteiger partial charge in [0.2, 0.25) is 0 Å². The highest BCUT2D eigenvalue weighted by molar-refractivity contribution is 5.82. The fourth-order valence-electron chi connectivity index (χ4n) is 1.56. The van der Waals surface area contributed by atoms with Crippen LogP contribution in [0.25, 0.3) is 0 Å². The Bertz CT molecular complexity index is 418. The molecule has 0 spiro atoms. The van der Waals surface area contributed by atoms with E-state index in [1.165, 1.54) is 0 Å². The zero-order valence-corrected chi connectivity index (χ0v) is 11.2. The SMILES string of the molecule is CC(C)CNC(=O)NC(Cc1ccccc1)C(=O)O. The van der Waals surface area contributed by atoms with Crippen molar-refractivity contribution in [3.05, 3.63) is 35.9 Å². The molecule has 1 aromatic rings. The molecule has 0 aliphatic rings. The molecule has 5 nitrogen and oxygen atoms in total. The molecule has 19 heavy (non-hydrogen) atoms. The van der Waals surface area contributed by atoms with E-state index >= 15 is 0 Å². The predicted molar refractivity (Wildman–Crippen MR) is 72.9 cm³/mol. The molecule has 1 atom stereocenters. The van der Waals surface area contributed by atoms with E-state index < -0.39 is 18.0 Å². The highest BCUT2D eigenvalue weighted by atomic mass is 16.4. The minimum Gasteiger partial charge on any atom is -0.480 e. The Labute approximate surface area is 113 Å². The molecule has 3 N–H and O–H groups in total. The monoisotopic (exact) mass is 264 g/mol. The van der Waals surface area contributed by atoms with Crippen molar-refractivity contribution in [3.8, 4) is 0 Å². The van der Waals surface area contributed by atoms with Gasteiger partial charge in [0.15, 0.2) is 0 Å². The van der Waals surface area contributed by atoms with Crippen LogP contribution < -0.4 is 10.6 Å². The molecule has 0 aliphatic carbocycles. The van der Waals surface area contributed by atoms with E-state index in [-0.39, 0.29) is 6.42 Å². The van der Waals surface area contributed by atoms with Crippen molar-refractivity contribution in [3.63, 3.8) is 0 Å². The Balaban J connectivity index is 2.54. The first-order valence-electron chi connectivity index (χ1n) is 6.30. The summed E-state index contributed by atoms with van der Waals surface area (Å²) < 4.78 is 0. The lowest BCUT2D eigenvalue weighted by Gasteiger charge is -2.16. The largest absolute Gasteiger partial charge is 0.480 e. The van der Waals surface area contributed by atoms with Gasteiger partial charge in [-0.2, -0.15) is 0 Å². The molecule has 0 bridgehead atoms. The summed E-state index contributed by atoms with van der Waals surface area (Å²) in [5.41, 5.74) is 0.874. The van der Waals surface area contributed by atoms with E-state index in [1.807, 2.05) is 44.2 Å². The molecule has 1 unspecified atom stereocenters. The van der Waals surface area contributed by atoms with E-state index in [2.05, 4.69) is 10.6 Å². The number of benzene rings is 1. The van der Waals surface area contributed by atoms with Crippen molar-refractivity contribution in [1.82, 2.24) is 10.6 Å². The summed E-state index contributed by atoms with van der Waals surface area (Å²) in [7, 11) is 0. The molecular formula is C14H20N2O3. The Hall–Kier alpha value is -2.04. The smallest absolute Gasteiger partial charge is 0.326 e. The van der Waals surface area contributed by atoms with Crippen LogP contribution in [0.4, 0.5) is 4.79 Å². The molecule has 0 radical (unpaired) electrons. The molecule has 1 rings (SSSR count). The number of urea groups is 1. The van der Waals surface area contributed by atoms with Gasteiger partial charge in [-0.25, -0.2) is 9.59 Å². The van der Waals surface area contributed by atoms with Crippen molar-refractivity contribution in [1.29, 1.82) is 0 Å². The second-order valence-corrected chi connectivity index (χ2v) is 4.83. The Morgan fingerprint density at radius 3 is 2.37 bits per heavy atom. The third-order valence-corrected chi connectivity index (χ3v) is 2.56. The summed E-state index contributed by atoms with van der Waals surface area (Å²) in [5.74, 6) is -0.716. The lowest BCUT2D eigenvalue weighted by atomic mass is 10.1. The molecule has 0 saturated heterocycles. The first kappa shape index (κ1) is 15.0. The van der Waals surface area contributed by atoms with Crippen LogP contribution in [0.15, 0.2) is 30.3 Å². The maximum absolute atomic E-state index is 11.6. The van der Waals surface area contributed by atoms with Gasteiger partial charge in [0.1, 0.15) is 6.04 Å². The van der Waals surface area contributed by atoms with Crippen LogP contribution in [0.1, 0.15) is 19.4 Å². The molecule has 0 fully saturated rings. The topological polar surface area (TPSA) is 78.4 Å². The molecule has 0 heterocycles. The molecule has 0 saturated carbocycles. The van der Waals surface area contributed by atoms with Gasteiger partial charge in [0.25, 0.3) is 0 Å². The molecule has 0 aromatic heterocycles. The fraction of sp³-hybridized carbons (Fsp3) is 0.429. The third-order valence-electron chi connectivity index (χ3n) is 2.56. The number of carboxylic acid groups (broad SMARTS) is 1. The van der Waals surface area contributed by atoms with Crippen LogP contribution in [0.5, 0.6) is 0 Å². The first-order chi connectivity index (χ1) is 8.99. The maximum atomic E-state index is 11.6. The van der Waals surface area contributed by atoms with E-state index in [9.17, 15) is 9.59 Å². The summed E-state index contributed by atoms with van der Waals surface area (Å²) in [6.45, 7) is 4.46. The first-order valence-corrected chi connectivity index (χ1v) is 6.30. The molecule has 0 aliphatic heterocycles. The number of rotatable bonds is 6. The normalized spacial score (nSPS) is 11.9. The van der Waals surface area contributed by atoms with Crippen LogP contribution >= 0.6 is 0 Å². The van der Waals surface area contributed by atoms with E-state index in [0.717, 1.165) is 5.56 Å². The highest BCUT2D eigenvalue weighted by Gasteiger charge is 2.20. The van der Waals surface area contributed by atoms with E-state index in [4.69, 9.17) is 5.11 Å². The average Bonchev–Trinajstić information content (AvgIpc) is 2.36. The number of hydrogen-bond donors (Lipinski definition) is 3. The van der Waals surface area contributed by atoms with Gasteiger partial charge in [0.05, 0.1) is 0 Å². The van der Waals surface area contributed by atoms with Gasteiger partial charge in [-0.1, -0.05) is 44.2 Å². The average molecular weight is 264 g/mol. The fourth-order valence-corrected chi connectivity index (χ4v) is 1.56.